The van der Waals surface area contributed by atoms with E-state index in [0.717, 1.165) is 36.1 Å². The smallest absolute Gasteiger partial charge is 0.282 e. The van der Waals surface area contributed by atoms with E-state index in [2.05, 4.69) is 4.98 Å². The molecule has 1 fully saturated rings. The minimum atomic E-state index is 0.109. The van der Waals surface area contributed by atoms with Crippen LogP contribution >= 0.6 is 11.3 Å². The van der Waals surface area contributed by atoms with Crippen LogP contribution in [0.4, 0.5) is 0 Å². The third kappa shape index (κ3) is 2.25. The largest absolute Gasteiger partial charge is 0.337 e. The van der Waals surface area contributed by atoms with Gasteiger partial charge in [-0.25, -0.2) is 4.98 Å². The van der Waals surface area contributed by atoms with Crippen LogP contribution in [0.25, 0.3) is 10.2 Å². The number of benzene rings is 1. The van der Waals surface area contributed by atoms with E-state index in [9.17, 15) is 4.79 Å². The normalized spacial score (nSPS) is 16.8. The minimum Gasteiger partial charge on any atom is -0.337 e. The van der Waals surface area contributed by atoms with Gasteiger partial charge in [0, 0.05) is 13.1 Å². The molecule has 2 heterocycles. The second-order valence-corrected chi connectivity index (χ2v) is 5.72. The minimum absolute atomic E-state index is 0.109. The summed E-state index contributed by atoms with van der Waals surface area (Å²) in [5.74, 6) is 0.109. The molecule has 1 aliphatic heterocycles. The molecule has 3 rings (SSSR count). The van der Waals surface area contributed by atoms with Gasteiger partial charge in [-0.3, -0.25) is 4.79 Å². The van der Waals surface area contributed by atoms with E-state index in [1.54, 1.807) is 0 Å². The zero-order valence-electron chi connectivity index (χ0n) is 10.3. The molecule has 0 radical (unpaired) electrons. The third-order valence-corrected chi connectivity index (χ3v) is 4.39. The summed E-state index contributed by atoms with van der Waals surface area (Å²) in [4.78, 5) is 18.8. The molecule has 1 aliphatic rings. The van der Waals surface area contributed by atoms with Crippen LogP contribution in [0.2, 0.25) is 0 Å². The molecule has 18 heavy (non-hydrogen) atoms. The van der Waals surface area contributed by atoms with Crippen LogP contribution in [-0.2, 0) is 0 Å². The number of nitrogens with zero attached hydrogens (tertiary/aromatic N) is 2. The van der Waals surface area contributed by atoms with Gasteiger partial charge in [0.15, 0.2) is 5.01 Å². The van der Waals surface area contributed by atoms with E-state index in [-0.39, 0.29) is 5.91 Å². The van der Waals surface area contributed by atoms with Gasteiger partial charge in [0.2, 0.25) is 0 Å². The lowest BCUT2D eigenvalue weighted by atomic mass is 10.2. The topological polar surface area (TPSA) is 33.2 Å². The molecule has 0 unspecified atom stereocenters. The number of thiazole rings is 1. The van der Waals surface area contributed by atoms with Crippen molar-refractivity contribution in [1.29, 1.82) is 0 Å². The zero-order chi connectivity index (χ0) is 12.4. The van der Waals surface area contributed by atoms with Gasteiger partial charge in [0.25, 0.3) is 5.91 Å². The summed E-state index contributed by atoms with van der Waals surface area (Å²) in [6.45, 7) is 1.77. The van der Waals surface area contributed by atoms with Crippen LogP contribution in [0, 0.1) is 0 Å². The molecule has 1 aromatic heterocycles. The lowest BCUT2D eigenvalue weighted by Crippen LogP contribution is -2.31. The summed E-state index contributed by atoms with van der Waals surface area (Å²) in [5.41, 5.74) is 0.931. The highest BCUT2D eigenvalue weighted by atomic mass is 32.1. The molecule has 1 amide bonds. The maximum atomic E-state index is 12.4. The Morgan fingerprint density at radius 3 is 2.56 bits per heavy atom. The summed E-state index contributed by atoms with van der Waals surface area (Å²) in [6.07, 6.45) is 4.72. The molecule has 94 valence electrons. The van der Waals surface area contributed by atoms with Crippen molar-refractivity contribution in [2.24, 2.45) is 0 Å². The molecule has 0 N–H and O–H groups in total. The number of likely N-dealkylation sites (tertiary alicyclic amines) is 1. The molecule has 1 aromatic carbocycles. The Labute approximate surface area is 110 Å². The molecule has 0 bridgehead atoms. The summed E-state index contributed by atoms with van der Waals surface area (Å²) in [7, 11) is 0. The Hall–Kier alpha value is -1.42. The molecular formula is C14H16N2OS. The van der Waals surface area contributed by atoms with E-state index < -0.39 is 0 Å². The Kier molecular flexibility index (Phi) is 3.28. The molecule has 0 aliphatic carbocycles. The fourth-order valence-corrected chi connectivity index (χ4v) is 3.31. The van der Waals surface area contributed by atoms with Gasteiger partial charge >= 0.3 is 0 Å². The first-order valence-electron chi connectivity index (χ1n) is 6.49. The second kappa shape index (κ2) is 5.06. The van der Waals surface area contributed by atoms with Gasteiger partial charge in [0.05, 0.1) is 10.2 Å². The number of carbonyl (C=O) groups is 1. The van der Waals surface area contributed by atoms with Gasteiger partial charge in [-0.1, -0.05) is 25.0 Å². The van der Waals surface area contributed by atoms with Crippen molar-refractivity contribution in [1.82, 2.24) is 9.88 Å². The van der Waals surface area contributed by atoms with Crippen molar-refractivity contribution >= 4 is 27.5 Å². The van der Waals surface area contributed by atoms with Crippen molar-refractivity contribution in [2.45, 2.75) is 25.7 Å². The average molecular weight is 260 g/mol. The highest BCUT2D eigenvalue weighted by Crippen LogP contribution is 2.23. The lowest BCUT2D eigenvalue weighted by Gasteiger charge is -2.18. The molecule has 3 nitrogen and oxygen atoms in total. The number of hydrogen-bond donors (Lipinski definition) is 0. The number of para-hydroxylation sites is 1. The van der Waals surface area contributed by atoms with Crippen LogP contribution in [0.3, 0.4) is 0 Å². The van der Waals surface area contributed by atoms with E-state index in [1.165, 1.54) is 24.2 Å². The number of carbonyl (C=O) groups excluding carboxylic acids is 1. The van der Waals surface area contributed by atoms with Crippen LogP contribution in [-0.4, -0.2) is 28.9 Å². The first-order chi connectivity index (χ1) is 8.84. The number of fused-ring (bicyclic) bond motifs is 1. The monoisotopic (exact) mass is 260 g/mol. The van der Waals surface area contributed by atoms with Gasteiger partial charge in [-0.15, -0.1) is 11.3 Å². The van der Waals surface area contributed by atoms with Gasteiger partial charge in [-0.05, 0) is 25.0 Å². The van der Waals surface area contributed by atoms with Crippen molar-refractivity contribution < 1.29 is 4.79 Å². The fourth-order valence-electron chi connectivity index (χ4n) is 2.37. The van der Waals surface area contributed by atoms with Crippen molar-refractivity contribution in [3.63, 3.8) is 0 Å². The Bertz CT molecular complexity index is 523. The summed E-state index contributed by atoms with van der Waals surface area (Å²) >= 11 is 1.50. The maximum Gasteiger partial charge on any atom is 0.282 e. The standard InChI is InChI=1S/C14H16N2OS/c17-14(16-9-5-1-2-6-10-16)13-15-11-7-3-4-8-12(11)18-13/h3-4,7-8H,1-2,5-6,9-10H2. The van der Waals surface area contributed by atoms with Gasteiger partial charge in [-0.2, -0.15) is 0 Å². The molecule has 4 heteroatoms. The molecule has 0 saturated carbocycles. The van der Waals surface area contributed by atoms with Gasteiger partial charge in [0.1, 0.15) is 0 Å². The van der Waals surface area contributed by atoms with E-state index in [4.69, 9.17) is 0 Å². The van der Waals surface area contributed by atoms with E-state index in [0.29, 0.717) is 5.01 Å². The SMILES string of the molecule is O=C(c1nc2ccccc2s1)N1CCCCCC1. The number of aromatic nitrogens is 1. The number of rotatable bonds is 1. The summed E-state index contributed by atoms with van der Waals surface area (Å²) < 4.78 is 1.09. The maximum absolute atomic E-state index is 12.4. The predicted octanol–water partition coefficient (Wildman–Crippen LogP) is 3.31. The number of amides is 1. The average Bonchev–Trinajstić information content (AvgIpc) is 2.64. The molecule has 0 atom stereocenters. The Morgan fingerprint density at radius 2 is 1.83 bits per heavy atom. The second-order valence-electron chi connectivity index (χ2n) is 4.69. The highest BCUT2D eigenvalue weighted by Gasteiger charge is 2.20. The molecule has 2 aromatic rings. The number of hydrogen-bond acceptors (Lipinski definition) is 3. The third-order valence-electron chi connectivity index (χ3n) is 3.37. The highest BCUT2D eigenvalue weighted by molar-refractivity contribution is 7.20. The quantitative estimate of drug-likeness (QED) is 0.788. The van der Waals surface area contributed by atoms with E-state index >= 15 is 0 Å². The molecule has 0 spiro atoms. The fraction of sp³-hybridized carbons (Fsp3) is 0.429. The Morgan fingerprint density at radius 1 is 1.11 bits per heavy atom. The van der Waals surface area contributed by atoms with Crippen molar-refractivity contribution in [2.75, 3.05) is 13.1 Å². The van der Waals surface area contributed by atoms with Gasteiger partial charge < -0.3 is 4.90 Å². The van der Waals surface area contributed by atoms with Crippen LogP contribution in [0.1, 0.15) is 35.5 Å². The Balaban J connectivity index is 1.86. The lowest BCUT2D eigenvalue weighted by molar-refractivity contribution is 0.0761. The first-order valence-corrected chi connectivity index (χ1v) is 7.31. The summed E-state index contributed by atoms with van der Waals surface area (Å²) in [5, 5.41) is 0.637. The summed E-state index contributed by atoms with van der Waals surface area (Å²) in [6, 6.07) is 7.93. The van der Waals surface area contributed by atoms with Crippen LogP contribution < -0.4 is 0 Å². The van der Waals surface area contributed by atoms with E-state index in [1.807, 2.05) is 29.2 Å². The first kappa shape index (κ1) is 11.7. The van der Waals surface area contributed by atoms with Crippen LogP contribution in [0.5, 0.6) is 0 Å². The van der Waals surface area contributed by atoms with Crippen LogP contribution in [0.15, 0.2) is 24.3 Å². The zero-order valence-corrected chi connectivity index (χ0v) is 11.1. The molecular weight excluding hydrogens is 244 g/mol. The molecule has 1 saturated heterocycles. The van der Waals surface area contributed by atoms with Crippen molar-refractivity contribution in [3.8, 4) is 0 Å². The predicted molar refractivity (Wildman–Crippen MR) is 74.0 cm³/mol. The van der Waals surface area contributed by atoms with Crippen molar-refractivity contribution in [3.05, 3.63) is 29.3 Å².